The first-order valence-electron chi connectivity index (χ1n) is 13.0. The van der Waals surface area contributed by atoms with E-state index in [0.717, 1.165) is 10.5 Å². The number of benzene rings is 1. The molecule has 3 atom stereocenters. The Morgan fingerprint density at radius 2 is 1.38 bits per heavy atom. The average Bonchev–Trinajstić information content (AvgIpc) is 3.21. The number of carbonyl (C=O) groups excluding carboxylic acids is 7. The standard InChI is InChI=1S/C27H36N6O7/c1-16-8-10-19(11-9-16)31-27(40)20(15-21(28)34)32-26(39)18(3)30-25(38)17(2)29-22(35)7-5-4-6-14-33-23(36)12-13-24(33)37/h8-13,17-18,20H,4-7,14-15H2,1-3H3,(H2,28,34)(H,29,35)(H,30,38)(H,31,40)(H,32,39)/t17-,18-,20-/m0/s1. The fraction of sp³-hybridized carbons (Fsp3) is 0.444. The molecule has 1 aromatic carbocycles. The maximum absolute atomic E-state index is 12.7. The van der Waals surface area contributed by atoms with Gasteiger partial charge < -0.3 is 27.0 Å². The molecule has 0 spiro atoms. The molecule has 40 heavy (non-hydrogen) atoms. The molecule has 0 bridgehead atoms. The molecule has 7 amide bonds. The molecule has 0 fully saturated rings. The van der Waals surface area contributed by atoms with Crippen molar-refractivity contribution in [1.82, 2.24) is 20.9 Å². The highest BCUT2D eigenvalue weighted by Gasteiger charge is 2.27. The van der Waals surface area contributed by atoms with Crippen LogP contribution < -0.4 is 27.0 Å². The highest BCUT2D eigenvalue weighted by atomic mass is 16.2. The summed E-state index contributed by atoms with van der Waals surface area (Å²) in [5, 5.41) is 10.1. The van der Waals surface area contributed by atoms with Crippen molar-refractivity contribution in [3.8, 4) is 0 Å². The van der Waals surface area contributed by atoms with Crippen LogP contribution in [0.1, 0.15) is 51.5 Å². The van der Waals surface area contributed by atoms with Crippen LogP contribution in [0.2, 0.25) is 0 Å². The first-order chi connectivity index (χ1) is 18.9. The Labute approximate surface area is 232 Å². The minimum atomic E-state index is -1.26. The van der Waals surface area contributed by atoms with Crippen LogP contribution in [0.15, 0.2) is 36.4 Å². The Morgan fingerprint density at radius 1 is 0.800 bits per heavy atom. The molecule has 13 heteroatoms. The zero-order chi connectivity index (χ0) is 29.8. The molecule has 0 aliphatic carbocycles. The van der Waals surface area contributed by atoms with Crippen LogP contribution in [0.3, 0.4) is 0 Å². The van der Waals surface area contributed by atoms with E-state index in [1.165, 1.54) is 26.0 Å². The Balaban J connectivity index is 1.76. The van der Waals surface area contributed by atoms with Crippen LogP contribution in [-0.2, 0) is 33.6 Å². The summed E-state index contributed by atoms with van der Waals surface area (Å²) >= 11 is 0. The van der Waals surface area contributed by atoms with Gasteiger partial charge in [0, 0.05) is 30.8 Å². The Morgan fingerprint density at radius 3 is 1.98 bits per heavy atom. The number of carbonyl (C=O) groups is 7. The molecule has 0 aromatic heterocycles. The van der Waals surface area contributed by atoms with E-state index in [-0.39, 0.29) is 30.7 Å². The number of hydrogen-bond acceptors (Lipinski definition) is 7. The maximum atomic E-state index is 12.7. The fourth-order valence-electron chi connectivity index (χ4n) is 3.74. The van der Waals surface area contributed by atoms with E-state index in [4.69, 9.17) is 5.73 Å². The fourth-order valence-corrected chi connectivity index (χ4v) is 3.74. The molecule has 0 saturated carbocycles. The molecule has 6 N–H and O–H groups in total. The Bertz CT molecular complexity index is 1150. The molecule has 216 valence electrons. The van der Waals surface area contributed by atoms with E-state index in [0.29, 0.717) is 24.9 Å². The number of nitrogens with two attached hydrogens (primary N) is 1. The van der Waals surface area contributed by atoms with Crippen molar-refractivity contribution in [2.24, 2.45) is 5.73 Å². The Kier molecular flexibility index (Phi) is 12.0. The summed E-state index contributed by atoms with van der Waals surface area (Å²) in [5.74, 6) is -3.85. The zero-order valence-electron chi connectivity index (χ0n) is 22.8. The van der Waals surface area contributed by atoms with Crippen LogP contribution in [0.5, 0.6) is 0 Å². The van der Waals surface area contributed by atoms with E-state index >= 15 is 0 Å². The number of nitrogens with one attached hydrogen (secondary N) is 4. The van der Waals surface area contributed by atoms with Crippen molar-refractivity contribution in [3.63, 3.8) is 0 Å². The molecule has 13 nitrogen and oxygen atoms in total. The number of rotatable bonds is 15. The summed E-state index contributed by atoms with van der Waals surface area (Å²) < 4.78 is 0. The van der Waals surface area contributed by atoms with Gasteiger partial charge in [-0.25, -0.2) is 0 Å². The van der Waals surface area contributed by atoms with E-state index in [1.54, 1.807) is 24.3 Å². The third-order valence-corrected chi connectivity index (χ3v) is 6.07. The number of hydrogen-bond donors (Lipinski definition) is 5. The SMILES string of the molecule is Cc1ccc(NC(=O)[C@H](CC(N)=O)NC(=O)[C@H](C)NC(=O)[C@H](C)NC(=O)CCCCCN2C(=O)C=CC2=O)cc1. The lowest BCUT2D eigenvalue weighted by Crippen LogP contribution is -2.55. The van der Waals surface area contributed by atoms with Gasteiger partial charge >= 0.3 is 0 Å². The lowest BCUT2D eigenvalue weighted by atomic mass is 10.1. The van der Waals surface area contributed by atoms with Crippen molar-refractivity contribution < 1.29 is 33.6 Å². The highest BCUT2D eigenvalue weighted by Crippen LogP contribution is 2.10. The minimum Gasteiger partial charge on any atom is -0.370 e. The first kappa shape index (κ1) is 31.7. The van der Waals surface area contributed by atoms with Gasteiger partial charge in [0.05, 0.1) is 6.42 Å². The summed E-state index contributed by atoms with van der Waals surface area (Å²) in [4.78, 5) is 85.7. The zero-order valence-corrected chi connectivity index (χ0v) is 22.8. The topological polar surface area (TPSA) is 197 Å². The van der Waals surface area contributed by atoms with Gasteiger partial charge in [-0.15, -0.1) is 0 Å². The lowest BCUT2D eigenvalue weighted by Gasteiger charge is -2.22. The van der Waals surface area contributed by atoms with Crippen molar-refractivity contribution in [1.29, 1.82) is 0 Å². The summed E-state index contributed by atoms with van der Waals surface area (Å²) in [6.07, 6.45) is 3.78. The van der Waals surface area contributed by atoms with E-state index in [2.05, 4.69) is 21.3 Å². The van der Waals surface area contributed by atoms with Crippen molar-refractivity contribution in [2.45, 2.75) is 71.0 Å². The van der Waals surface area contributed by atoms with E-state index in [9.17, 15) is 33.6 Å². The van der Waals surface area contributed by atoms with Crippen LogP contribution in [0, 0.1) is 6.92 Å². The number of primary amides is 1. The van der Waals surface area contributed by atoms with Crippen LogP contribution >= 0.6 is 0 Å². The predicted octanol–water partition coefficient (Wildman–Crippen LogP) is -0.211. The molecule has 0 radical (unpaired) electrons. The number of aryl methyl sites for hydroxylation is 1. The Hall–Kier alpha value is -4.55. The third kappa shape index (κ3) is 10.3. The van der Waals surface area contributed by atoms with Crippen molar-refractivity contribution in [2.75, 3.05) is 11.9 Å². The number of nitrogens with zero attached hydrogens (tertiary/aromatic N) is 1. The molecule has 1 heterocycles. The molecule has 0 saturated heterocycles. The smallest absolute Gasteiger partial charge is 0.253 e. The molecular formula is C27H36N6O7. The molecule has 1 aliphatic heterocycles. The third-order valence-electron chi connectivity index (χ3n) is 6.07. The van der Waals surface area contributed by atoms with Gasteiger partial charge in [-0.3, -0.25) is 38.5 Å². The van der Waals surface area contributed by atoms with Gasteiger partial charge in [-0.2, -0.15) is 0 Å². The normalized spacial score (nSPS) is 14.7. The van der Waals surface area contributed by atoms with Crippen LogP contribution in [0.25, 0.3) is 0 Å². The molecule has 1 aliphatic rings. The summed E-state index contributed by atoms with van der Waals surface area (Å²) in [7, 11) is 0. The lowest BCUT2D eigenvalue weighted by molar-refractivity contribution is -0.137. The number of imide groups is 1. The molecule has 1 aromatic rings. The number of unbranched alkanes of at least 4 members (excludes halogenated alkanes) is 2. The van der Waals surface area contributed by atoms with Gasteiger partial charge in [0.1, 0.15) is 18.1 Å². The molecular weight excluding hydrogens is 520 g/mol. The quantitative estimate of drug-likeness (QED) is 0.145. The van der Waals surface area contributed by atoms with Gasteiger partial charge in [0.15, 0.2) is 0 Å². The average molecular weight is 557 g/mol. The van der Waals surface area contributed by atoms with Crippen molar-refractivity contribution in [3.05, 3.63) is 42.0 Å². The van der Waals surface area contributed by atoms with Crippen LogP contribution in [0.4, 0.5) is 5.69 Å². The largest absolute Gasteiger partial charge is 0.370 e. The van der Waals surface area contributed by atoms with E-state index < -0.39 is 48.2 Å². The van der Waals surface area contributed by atoms with Gasteiger partial charge in [0.2, 0.25) is 29.5 Å². The second kappa shape index (κ2) is 15.1. The van der Waals surface area contributed by atoms with Gasteiger partial charge in [-0.1, -0.05) is 24.1 Å². The monoisotopic (exact) mass is 556 g/mol. The summed E-state index contributed by atoms with van der Waals surface area (Å²) in [6, 6.07) is 3.63. The first-order valence-corrected chi connectivity index (χ1v) is 13.0. The van der Waals surface area contributed by atoms with E-state index in [1.807, 2.05) is 6.92 Å². The number of anilines is 1. The van der Waals surface area contributed by atoms with Gasteiger partial charge in [-0.05, 0) is 45.7 Å². The maximum Gasteiger partial charge on any atom is 0.253 e. The minimum absolute atomic E-state index is 0.138. The predicted molar refractivity (Wildman–Crippen MR) is 145 cm³/mol. The van der Waals surface area contributed by atoms with Crippen LogP contribution in [-0.4, -0.2) is 70.9 Å². The molecule has 2 rings (SSSR count). The summed E-state index contributed by atoms with van der Waals surface area (Å²) in [5.41, 5.74) is 6.70. The van der Waals surface area contributed by atoms with Gasteiger partial charge in [0.25, 0.3) is 11.8 Å². The summed E-state index contributed by atoms with van der Waals surface area (Å²) in [6.45, 7) is 5.01. The number of amides is 7. The highest BCUT2D eigenvalue weighted by molar-refractivity contribution is 6.12. The van der Waals surface area contributed by atoms with Crippen molar-refractivity contribution >= 4 is 47.0 Å². The second-order valence-corrected chi connectivity index (χ2v) is 9.58. The second-order valence-electron chi connectivity index (χ2n) is 9.58. The molecule has 0 unspecified atom stereocenters.